The summed E-state index contributed by atoms with van der Waals surface area (Å²) in [4.78, 5) is 30.6. The number of nitrogens with zero attached hydrogens (tertiary/aromatic N) is 3. The third-order valence-corrected chi connectivity index (χ3v) is 5.17. The number of nitrogens with one attached hydrogen (secondary N) is 1. The molecule has 0 unspecified atom stereocenters. The minimum atomic E-state index is -0.341. The van der Waals surface area contributed by atoms with Crippen LogP contribution in [0.25, 0.3) is 16.7 Å². The minimum Gasteiger partial charge on any atom is -0.376 e. The van der Waals surface area contributed by atoms with Crippen molar-refractivity contribution in [3.8, 4) is 0 Å². The summed E-state index contributed by atoms with van der Waals surface area (Å²) in [5.74, 6) is -0.1000. The minimum absolute atomic E-state index is 0.0140. The van der Waals surface area contributed by atoms with Crippen LogP contribution in [0.3, 0.4) is 0 Å². The molecule has 1 aliphatic rings. The first-order valence-corrected chi connectivity index (χ1v) is 9.65. The molecule has 3 aromatic heterocycles. The zero-order chi connectivity index (χ0) is 20.5. The van der Waals surface area contributed by atoms with Gasteiger partial charge in [0.05, 0.1) is 12.6 Å². The number of anilines is 1. The Morgan fingerprint density at radius 1 is 1.52 bits per heavy atom. The van der Waals surface area contributed by atoms with Crippen molar-refractivity contribution in [2.45, 2.75) is 32.4 Å². The summed E-state index contributed by atoms with van der Waals surface area (Å²) in [6, 6.07) is 5.20. The highest BCUT2D eigenvalue weighted by atomic mass is 16.5. The number of nitrogen functional groups attached to an aromatic ring is 1. The van der Waals surface area contributed by atoms with Crippen LogP contribution in [0.2, 0.25) is 0 Å². The average Bonchev–Trinajstić information content (AvgIpc) is 3.23. The normalized spacial score (nSPS) is 16.4. The number of pyridine rings is 2. The van der Waals surface area contributed by atoms with E-state index in [1.54, 1.807) is 22.9 Å². The molecule has 1 amide bonds. The van der Waals surface area contributed by atoms with Crippen molar-refractivity contribution in [2.75, 3.05) is 18.9 Å². The summed E-state index contributed by atoms with van der Waals surface area (Å²) in [6.45, 7) is 7.11. The molecule has 150 valence electrons. The molecule has 0 saturated carbocycles. The fourth-order valence-electron chi connectivity index (χ4n) is 3.66. The fraction of sp³-hybridized carbons (Fsp3) is 0.333. The maximum Gasteiger partial charge on any atom is 0.278 e. The van der Waals surface area contributed by atoms with Crippen molar-refractivity contribution in [3.05, 3.63) is 58.5 Å². The highest BCUT2D eigenvalue weighted by Gasteiger charge is 2.25. The van der Waals surface area contributed by atoms with E-state index in [2.05, 4.69) is 16.9 Å². The number of carbonyl (C=O) groups excluding carboxylic acids is 1. The Labute approximate surface area is 167 Å². The molecule has 1 fully saturated rings. The van der Waals surface area contributed by atoms with E-state index in [9.17, 15) is 9.59 Å². The van der Waals surface area contributed by atoms with Gasteiger partial charge >= 0.3 is 0 Å². The SMILES string of the molecule is C=CC[n+]1c(N)c(C(=O)NC[C@H]2CCCO2)cc2c(=O)n3cc(C)ccc3nc21. The van der Waals surface area contributed by atoms with E-state index in [-0.39, 0.29) is 29.0 Å². The summed E-state index contributed by atoms with van der Waals surface area (Å²) in [5, 5.41) is 3.19. The van der Waals surface area contributed by atoms with Gasteiger partial charge in [0.2, 0.25) is 11.5 Å². The molecule has 29 heavy (non-hydrogen) atoms. The predicted octanol–water partition coefficient (Wildman–Crippen LogP) is 1.12. The number of rotatable bonds is 5. The summed E-state index contributed by atoms with van der Waals surface area (Å²) in [6.07, 6.45) is 5.31. The third-order valence-electron chi connectivity index (χ3n) is 5.17. The smallest absolute Gasteiger partial charge is 0.278 e. The number of fused-ring (bicyclic) bond motifs is 2. The number of nitrogens with two attached hydrogens (primary N) is 1. The first-order chi connectivity index (χ1) is 14.0. The Hall–Kier alpha value is -3.26. The van der Waals surface area contributed by atoms with E-state index in [4.69, 9.17) is 10.5 Å². The van der Waals surface area contributed by atoms with E-state index in [0.29, 0.717) is 36.4 Å². The van der Waals surface area contributed by atoms with Crippen molar-refractivity contribution >= 4 is 28.4 Å². The molecular formula is C21H24N5O3+. The maximum absolute atomic E-state index is 13.1. The topological polar surface area (TPSA) is 103 Å². The molecule has 1 atom stereocenters. The van der Waals surface area contributed by atoms with Crippen LogP contribution in [0.15, 0.2) is 41.8 Å². The first kappa shape index (κ1) is 19.1. The van der Waals surface area contributed by atoms with Gasteiger partial charge in [0, 0.05) is 19.3 Å². The van der Waals surface area contributed by atoms with Gasteiger partial charge in [0.25, 0.3) is 17.1 Å². The quantitative estimate of drug-likeness (QED) is 0.384. The van der Waals surface area contributed by atoms with Crippen LogP contribution in [0.4, 0.5) is 5.82 Å². The zero-order valence-corrected chi connectivity index (χ0v) is 16.4. The summed E-state index contributed by atoms with van der Waals surface area (Å²) >= 11 is 0. The van der Waals surface area contributed by atoms with Crippen molar-refractivity contribution in [1.29, 1.82) is 0 Å². The summed E-state index contributed by atoms with van der Waals surface area (Å²) in [5.41, 5.74) is 8.17. The van der Waals surface area contributed by atoms with E-state index in [1.807, 2.05) is 13.0 Å². The van der Waals surface area contributed by atoms with Crippen LogP contribution >= 0.6 is 0 Å². The number of hydrogen-bond acceptors (Lipinski definition) is 5. The van der Waals surface area contributed by atoms with Crippen molar-refractivity contribution < 1.29 is 14.1 Å². The van der Waals surface area contributed by atoms with Gasteiger partial charge in [0.15, 0.2) is 0 Å². The maximum atomic E-state index is 13.1. The molecule has 4 heterocycles. The van der Waals surface area contributed by atoms with Gasteiger partial charge in [-0.1, -0.05) is 23.7 Å². The van der Waals surface area contributed by atoms with Gasteiger partial charge < -0.3 is 15.8 Å². The van der Waals surface area contributed by atoms with Crippen molar-refractivity contribution in [2.24, 2.45) is 0 Å². The Bertz CT molecular complexity index is 1180. The van der Waals surface area contributed by atoms with Gasteiger partial charge in [-0.2, -0.15) is 0 Å². The number of aromatic nitrogens is 3. The van der Waals surface area contributed by atoms with Gasteiger partial charge in [-0.3, -0.25) is 14.0 Å². The molecule has 1 aliphatic heterocycles. The number of allylic oxidation sites excluding steroid dienone is 1. The molecule has 1 saturated heterocycles. The highest BCUT2D eigenvalue weighted by molar-refractivity contribution is 6.00. The van der Waals surface area contributed by atoms with Crippen LogP contribution in [0.1, 0.15) is 28.8 Å². The van der Waals surface area contributed by atoms with Crippen LogP contribution in [-0.2, 0) is 11.3 Å². The number of ether oxygens (including phenoxy) is 1. The number of hydrogen-bond donors (Lipinski definition) is 2. The Kier molecular flexibility index (Phi) is 5.02. The lowest BCUT2D eigenvalue weighted by Gasteiger charge is -2.13. The second-order valence-electron chi connectivity index (χ2n) is 7.28. The lowest BCUT2D eigenvalue weighted by molar-refractivity contribution is -0.648. The lowest BCUT2D eigenvalue weighted by Crippen LogP contribution is -2.43. The second-order valence-corrected chi connectivity index (χ2v) is 7.28. The molecule has 3 N–H and O–H groups in total. The number of aryl methyl sites for hydroxylation is 1. The van der Waals surface area contributed by atoms with E-state index < -0.39 is 0 Å². The van der Waals surface area contributed by atoms with E-state index in [0.717, 1.165) is 18.4 Å². The molecule has 4 rings (SSSR count). The Balaban J connectivity index is 1.86. The monoisotopic (exact) mass is 394 g/mol. The van der Waals surface area contributed by atoms with E-state index >= 15 is 0 Å². The molecule has 0 spiro atoms. The Morgan fingerprint density at radius 3 is 3.07 bits per heavy atom. The zero-order valence-electron chi connectivity index (χ0n) is 16.4. The molecule has 3 aromatic rings. The van der Waals surface area contributed by atoms with Gasteiger partial charge in [-0.15, -0.1) is 0 Å². The summed E-state index contributed by atoms with van der Waals surface area (Å²) < 4.78 is 8.68. The van der Waals surface area contributed by atoms with Gasteiger partial charge in [-0.05, 0) is 37.5 Å². The molecule has 0 aliphatic carbocycles. The van der Waals surface area contributed by atoms with Crippen LogP contribution < -0.4 is 21.2 Å². The molecule has 0 bridgehead atoms. The largest absolute Gasteiger partial charge is 0.376 e. The highest BCUT2D eigenvalue weighted by Crippen LogP contribution is 2.16. The molecule has 8 nitrogen and oxygen atoms in total. The second kappa shape index (κ2) is 7.63. The molecule has 8 heteroatoms. The van der Waals surface area contributed by atoms with Crippen LogP contribution in [-0.4, -0.2) is 34.5 Å². The van der Waals surface area contributed by atoms with Gasteiger partial charge in [0.1, 0.15) is 10.9 Å². The fourth-order valence-corrected chi connectivity index (χ4v) is 3.66. The van der Waals surface area contributed by atoms with Crippen LogP contribution in [0, 0.1) is 6.92 Å². The molecular weight excluding hydrogens is 370 g/mol. The van der Waals surface area contributed by atoms with Crippen LogP contribution in [0.5, 0.6) is 0 Å². The standard InChI is InChI=1S/C21H23N5O3/c1-3-8-25-18(22)15(20(27)23-11-14-5-4-9-29-14)10-16-19(25)24-17-7-6-13(2)12-26(17)21(16)28/h3,6-7,10,12,14,22H,1,4-5,8-9,11H2,2H3,(H,23,27)/p+1/t14-/m1/s1. The number of carbonyl (C=O) groups is 1. The summed E-state index contributed by atoms with van der Waals surface area (Å²) in [7, 11) is 0. The first-order valence-electron chi connectivity index (χ1n) is 9.65. The number of amides is 1. The average molecular weight is 394 g/mol. The molecule has 0 radical (unpaired) electrons. The van der Waals surface area contributed by atoms with Crippen molar-refractivity contribution in [3.63, 3.8) is 0 Å². The third kappa shape index (κ3) is 3.47. The van der Waals surface area contributed by atoms with Crippen molar-refractivity contribution in [1.82, 2.24) is 14.7 Å². The van der Waals surface area contributed by atoms with Gasteiger partial charge in [-0.25, -0.2) is 4.57 Å². The van der Waals surface area contributed by atoms with E-state index in [1.165, 1.54) is 10.5 Å². The predicted molar refractivity (Wildman–Crippen MR) is 110 cm³/mol. The lowest BCUT2D eigenvalue weighted by atomic mass is 10.1. The Morgan fingerprint density at radius 2 is 2.34 bits per heavy atom. The molecule has 0 aromatic carbocycles.